The van der Waals surface area contributed by atoms with Crippen LogP contribution in [0.3, 0.4) is 0 Å². The predicted octanol–water partition coefficient (Wildman–Crippen LogP) is 2.15. The molecule has 0 unspecified atom stereocenters. The van der Waals surface area contributed by atoms with Gasteiger partial charge in [-0.2, -0.15) is 4.68 Å². The molecule has 3 aromatic rings. The highest BCUT2D eigenvalue weighted by atomic mass is 16.1. The van der Waals surface area contributed by atoms with E-state index in [1.165, 1.54) is 5.56 Å². The number of nitrogens with zero attached hydrogens (tertiary/aromatic N) is 5. The zero-order valence-electron chi connectivity index (χ0n) is 14.8. The lowest BCUT2D eigenvalue weighted by Crippen LogP contribution is -2.29. The van der Waals surface area contributed by atoms with Crippen LogP contribution in [0.4, 0.5) is 5.69 Å². The minimum absolute atomic E-state index is 0.136. The SMILES string of the molecule is C[C@@H](NC(=O)c1ccc2c(c1)N(C)CC2)c1nnnn1-c1ccccc1. The van der Waals surface area contributed by atoms with Gasteiger partial charge in [-0.05, 0) is 53.6 Å². The van der Waals surface area contributed by atoms with Crippen LogP contribution in [-0.2, 0) is 6.42 Å². The number of nitrogens with one attached hydrogen (secondary N) is 1. The largest absolute Gasteiger partial charge is 0.374 e. The van der Waals surface area contributed by atoms with Crippen molar-refractivity contribution in [3.8, 4) is 5.69 Å². The molecule has 7 heteroatoms. The Morgan fingerprint density at radius 3 is 2.81 bits per heavy atom. The van der Waals surface area contributed by atoms with E-state index in [1.54, 1.807) is 4.68 Å². The third-order valence-corrected chi connectivity index (χ3v) is 4.70. The Hall–Kier alpha value is -3.22. The molecule has 1 aliphatic heterocycles. The number of tetrazole rings is 1. The number of para-hydroxylation sites is 1. The normalized spacial score (nSPS) is 14.2. The van der Waals surface area contributed by atoms with E-state index in [0.717, 1.165) is 24.3 Å². The van der Waals surface area contributed by atoms with Gasteiger partial charge < -0.3 is 10.2 Å². The Bertz CT molecular complexity index is 936. The van der Waals surface area contributed by atoms with E-state index >= 15 is 0 Å². The van der Waals surface area contributed by atoms with Crippen molar-refractivity contribution in [2.24, 2.45) is 0 Å². The number of amides is 1. The zero-order valence-corrected chi connectivity index (χ0v) is 14.8. The highest BCUT2D eigenvalue weighted by Crippen LogP contribution is 2.27. The van der Waals surface area contributed by atoms with Gasteiger partial charge in [0.15, 0.2) is 5.82 Å². The fourth-order valence-electron chi connectivity index (χ4n) is 3.24. The second kappa shape index (κ2) is 6.59. The van der Waals surface area contributed by atoms with Crippen molar-refractivity contribution in [1.29, 1.82) is 0 Å². The monoisotopic (exact) mass is 348 g/mol. The lowest BCUT2D eigenvalue weighted by Gasteiger charge is -2.16. The first kappa shape index (κ1) is 16.3. The maximum absolute atomic E-state index is 12.7. The second-order valence-corrected chi connectivity index (χ2v) is 6.49. The van der Waals surface area contributed by atoms with Crippen LogP contribution in [0.2, 0.25) is 0 Å². The average molecular weight is 348 g/mol. The molecule has 1 atom stereocenters. The molecule has 26 heavy (non-hydrogen) atoms. The van der Waals surface area contributed by atoms with Gasteiger partial charge in [-0.25, -0.2) is 0 Å². The van der Waals surface area contributed by atoms with Crippen LogP contribution in [0.25, 0.3) is 5.69 Å². The highest BCUT2D eigenvalue weighted by Gasteiger charge is 2.21. The molecule has 0 fully saturated rings. The molecule has 1 amide bonds. The summed E-state index contributed by atoms with van der Waals surface area (Å²) in [4.78, 5) is 14.9. The van der Waals surface area contributed by atoms with Crippen LogP contribution < -0.4 is 10.2 Å². The third kappa shape index (κ3) is 2.92. The van der Waals surface area contributed by atoms with Gasteiger partial charge >= 0.3 is 0 Å². The quantitative estimate of drug-likeness (QED) is 0.782. The summed E-state index contributed by atoms with van der Waals surface area (Å²) in [5.41, 5.74) is 3.90. The van der Waals surface area contributed by atoms with E-state index in [9.17, 15) is 4.79 Å². The third-order valence-electron chi connectivity index (χ3n) is 4.70. The summed E-state index contributed by atoms with van der Waals surface area (Å²) in [6, 6.07) is 15.1. The molecular formula is C19H20N6O. The van der Waals surface area contributed by atoms with Crippen molar-refractivity contribution in [3.05, 3.63) is 65.5 Å². The number of aromatic nitrogens is 4. The number of hydrogen-bond donors (Lipinski definition) is 1. The van der Waals surface area contributed by atoms with Crippen molar-refractivity contribution in [3.63, 3.8) is 0 Å². The fraction of sp³-hybridized carbons (Fsp3) is 0.263. The number of carbonyl (C=O) groups excluding carboxylic acids is 1. The lowest BCUT2D eigenvalue weighted by molar-refractivity contribution is 0.0938. The van der Waals surface area contributed by atoms with Gasteiger partial charge in [-0.3, -0.25) is 4.79 Å². The van der Waals surface area contributed by atoms with Gasteiger partial charge in [0.25, 0.3) is 5.91 Å². The van der Waals surface area contributed by atoms with Crippen LogP contribution in [-0.4, -0.2) is 39.7 Å². The Morgan fingerprint density at radius 2 is 2.00 bits per heavy atom. The van der Waals surface area contributed by atoms with Gasteiger partial charge in [-0.1, -0.05) is 24.3 Å². The van der Waals surface area contributed by atoms with Crippen LogP contribution in [0, 0.1) is 0 Å². The summed E-state index contributed by atoms with van der Waals surface area (Å²) in [5.74, 6) is 0.450. The highest BCUT2D eigenvalue weighted by molar-refractivity contribution is 5.95. The summed E-state index contributed by atoms with van der Waals surface area (Å²) in [6.07, 6.45) is 1.02. The Morgan fingerprint density at radius 1 is 1.19 bits per heavy atom. The van der Waals surface area contributed by atoms with E-state index in [2.05, 4.69) is 25.7 Å². The molecule has 1 aromatic heterocycles. The maximum Gasteiger partial charge on any atom is 0.251 e. The number of benzene rings is 2. The van der Waals surface area contributed by atoms with Gasteiger partial charge in [0.2, 0.25) is 0 Å². The molecule has 0 spiro atoms. The molecule has 0 radical (unpaired) electrons. The Kier molecular flexibility index (Phi) is 4.12. The molecule has 1 aliphatic rings. The number of likely N-dealkylation sites (N-methyl/N-ethyl adjacent to an activating group) is 1. The first-order valence-corrected chi connectivity index (χ1v) is 8.62. The summed E-state index contributed by atoms with van der Waals surface area (Å²) >= 11 is 0. The molecule has 0 saturated heterocycles. The first-order chi connectivity index (χ1) is 12.6. The molecule has 0 saturated carbocycles. The minimum atomic E-state index is -0.330. The van der Waals surface area contributed by atoms with Gasteiger partial charge in [0.05, 0.1) is 11.7 Å². The number of hydrogen-bond acceptors (Lipinski definition) is 5. The Labute approximate surface area is 151 Å². The molecule has 132 valence electrons. The topological polar surface area (TPSA) is 75.9 Å². The maximum atomic E-state index is 12.7. The molecule has 2 aromatic carbocycles. The number of fused-ring (bicyclic) bond motifs is 1. The molecule has 7 nitrogen and oxygen atoms in total. The van der Waals surface area contributed by atoms with Gasteiger partial charge in [0.1, 0.15) is 0 Å². The molecular weight excluding hydrogens is 328 g/mol. The van der Waals surface area contributed by atoms with Crippen LogP contribution >= 0.6 is 0 Å². The average Bonchev–Trinajstić information content (AvgIpc) is 3.29. The minimum Gasteiger partial charge on any atom is -0.374 e. The summed E-state index contributed by atoms with van der Waals surface area (Å²) in [7, 11) is 2.05. The summed E-state index contributed by atoms with van der Waals surface area (Å²) < 4.78 is 1.64. The summed E-state index contributed by atoms with van der Waals surface area (Å²) in [6.45, 7) is 2.87. The predicted molar refractivity (Wildman–Crippen MR) is 98.5 cm³/mol. The van der Waals surface area contributed by atoms with Crippen LogP contribution in [0.1, 0.15) is 34.7 Å². The summed E-state index contributed by atoms with van der Waals surface area (Å²) in [5, 5.41) is 14.9. The van der Waals surface area contributed by atoms with Gasteiger partial charge in [0, 0.05) is 24.8 Å². The van der Waals surface area contributed by atoms with Crippen molar-refractivity contribution in [2.45, 2.75) is 19.4 Å². The smallest absolute Gasteiger partial charge is 0.251 e. The van der Waals surface area contributed by atoms with E-state index in [-0.39, 0.29) is 11.9 Å². The second-order valence-electron chi connectivity index (χ2n) is 6.49. The van der Waals surface area contributed by atoms with E-state index in [1.807, 2.05) is 62.5 Å². The van der Waals surface area contributed by atoms with Crippen LogP contribution in [0.15, 0.2) is 48.5 Å². The molecule has 4 rings (SSSR count). The van der Waals surface area contributed by atoms with Gasteiger partial charge in [-0.15, -0.1) is 5.10 Å². The van der Waals surface area contributed by atoms with Crippen molar-refractivity contribution >= 4 is 11.6 Å². The zero-order chi connectivity index (χ0) is 18.1. The first-order valence-electron chi connectivity index (χ1n) is 8.62. The number of carbonyl (C=O) groups is 1. The van der Waals surface area contributed by atoms with Crippen molar-refractivity contribution < 1.29 is 4.79 Å². The molecule has 0 aliphatic carbocycles. The molecule has 1 N–H and O–H groups in total. The number of rotatable bonds is 4. The fourth-order valence-corrected chi connectivity index (χ4v) is 3.24. The van der Waals surface area contributed by atoms with E-state index in [0.29, 0.717) is 11.4 Å². The van der Waals surface area contributed by atoms with Crippen LogP contribution in [0.5, 0.6) is 0 Å². The van der Waals surface area contributed by atoms with E-state index in [4.69, 9.17) is 0 Å². The Balaban J connectivity index is 1.54. The standard InChI is InChI=1S/C19H20N6O/c1-13(18-21-22-23-25(18)16-6-4-3-5-7-16)20-19(26)15-9-8-14-10-11-24(2)17(14)12-15/h3-9,12-13H,10-11H2,1-2H3,(H,20,26)/t13-/m1/s1. The molecule has 0 bridgehead atoms. The molecule has 2 heterocycles. The number of anilines is 1. The van der Waals surface area contributed by atoms with Crippen molar-refractivity contribution in [1.82, 2.24) is 25.5 Å². The lowest BCUT2D eigenvalue weighted by atomic mass is 10.1. The van der Waals surface area contributed by atoms with Crippen molar-refractivity contribution in [2.75, 3.05) is 18.5 Å². The van der Waals surface area contributed by atoms with E-state index < -0.39 is 0 Å².